The van der Waals surface area contributed by atoms with E-state index in [0.717, 1.165) is 5.56 Å². The third-order valence-electron chi connectivity index (χ3n) is 8.28. The molecule has 0 aromatic heterocycles. The van der Waals surface area contributed by atoms with Gasteiger partial charge in [-0.1, -0.05) is 48.0 Å². The van der Waals surface area contributed by atoms with E-state index in [1.165, 1.54) is 19.2 Å². The van der Waals surface area contributed by atoms with Crippen molar-refractivity contribution in [2.45, 2.75) is 64.0 Å². The van der Waals surface area contributed by atoms with E-state index in [-0.39, 0.29) is 53.3 Å². The second-order valence-corrected chi connectivity index (χ2v) is 13.1. The summed E-state index contributed by atoms with van der Waals surface area (Å²) in [6, 6.07) is 17.2. The van der Waals surface area contributed by atoms with Crippen molar-refractivity contribution in [3.63, 3.8) is 0 Å². The van der Waals surface area contributed by atoms with E-state index in [0.29, 0.717) is 31.2 Å². The topological polar surface area (TPSA) is 128 Å². The molecule has 0 aliphatic heterocycles. The zero-order valence-electron chi connectivity index (χ0n) is 27.1. The Labute approximate surface area is 279 Å². The first-order valence-electron chi connectivity index (χ1n) is 15.6. The van der Waals surface area contributed by atoms with Gasteiger partial charge >= 0.3 is 12.1 Å². The second-order valence-electron chi connectivity index (χ2n) is 12.7. The van der Waals surface area contributed by atoms with Crippen molar-refractivity contribution < 1.29 is 38.1 Å². The lowest BCUT2D eigenvalue weighted by Crippen LogP contribution is -2.47. The molecular weight excluding hydrogens is 627 g/mol. The van der Waals surface area contributed by atoms with Gasteiger partial charge in [0.15, 0.2) is 11.6 Å². The van der Waals surface area contributed by atoms with Gasteiger partial charge < -0.3 is 30.0 Å². The van der Waals surface area contributed by atoms with Gasteiger partial charge in [0.25, 0.3) is 0 Å². The Hall–Kier alpha value is -4.15. The standard InChI is InChI=1S/C36H42ClFN2O7/c1-36(2,3)47-35(44)40(25-13-10-23(11-14-25)34(42)43)21-28(22-8-6-5-7-9-22)24-12-16-29(37)27(20-24)31-26(33(39)41)15-17-30(32(31)38)46-19-18-45-4/h5-9,12,15-17,20,23,25,28H,10-11,13-14,18-19,21H2,1-4H3,(H2,39,41)(H,42,43). The van der Waals surface area contributed by atoms with Crippen LogP contribution < -0.4 is 10.5 Å². The molecule has 1 saturated carbocycles. The number of carboxylic acids is 1. The van der Waals surface area contributed by atoms with Crippen LogP contribution in [-0.2, 0) is 14.3 Å². The van der Waals surface area contributed by atoms with Crippen LogP contribution in [-0.4, -0.2) is 66.5 Å². The molecule has 1 unspecified atom stereocenters. The van der Waals surface area contributed by atoms with Gasteiger partial charge in [0, 0.05) is 41.8 Å². The predicted octanol–water partition coefficient (Wildman–Crippen LogP) is 7.28. The molecule has 0 saturated heterocycles. The quantitative estimate of drug-likeness (QED) is 0.194. The maximum Gasteiger partial charge on any atom is 0.410 e. The maximum absolute atomic E-state index is 16.1. The summed E-state index contributed by atoms with van der Waals surface area (Å²) in [6.07, 6.45) is 1.39. The molecule has 0 bridgehead atoms. The third kappa shape index (κ3) is 9.02. The number of methoxy groups -OCH3 is 1. The van der Waals surface area contributed by atoms with Crippen molar-refractivity contribution in [2.75, 3.05) is 26.9 Å². The summed E-state index contributed by atoms with van der Waals surface area (Å²) in [5, 5.41) is 9.76. The first kappa shape index (κ1) is 35.7. The SMILES string of the molecule is COCCOc1ccc(C(N)=O)c(-c2cc(C(CN(C(=O)OC(C)(C)C)C3CCC(C(=O)O)CC3)c3ccccc3)ccc2Cl)c1F. The van der Waals surface area contributed by atoms with Gasteiger partial charge in [-0.25, -0.2) is 9.18 Å². The molecule has 47 heavy (non-hydrogen) atoms. The van der Waals surface area contributed by atoms with Crippen molar-refractivity contribution in [3.05, 3.63) is 88.2 Å². The number of carbonyl (C=O) groups excluding carboxylic acids is 2. The van der Waals surface area contributed by atoms with Crippen LogP contribution in [0.5, 0.6) is 5.75 Å². The van der Waals surface area contributed by atoms with E-state index < -0.39 is 41.2 Å². The molecule has 11 heteroatoms. The molecule has 4 rings (SSSR count). The lowest BCUT2D eigenvalue weighted by molar-refractivity contribution is -0.143. The molecule has 1 fully saturated rings. The van der Waals surface area contributed by atoms with Crippen LogP contribution in [0.3, 0.4) is 0 Å². The number of nitrogens with two attached hydrogens (primary N) is 1. The highest BCUT2D eigenvalue weighted by Gasteiger charge is 2.36. The van der Waals surface area contributed by atoms with Crippen molar-refractivity contribution in [2.24, 2.45) is 11.7 Å². The van der Waals surface area contributed by atoms with Gasteiger partial charge in [-0.15, -0.1) is 0 Å². The Morgan fingerprint density at radius 2 is 1.68 bits per heavy atom. The summed E-state index contributed by atoms with van der Waals surface area (Å²) >= 11 is 6.69. The molecule has 252 valence electrons. The number of ether oxygens (including phenoxy) is 3. The highest BCUT2D eigenvalue weighted by Crippen LogP contribution is 2.40. The van der Waals surface area contributed by atoms with Crippen LogP contribution >= 0.6 is 11.6 Å². The van der Waals surface area contributed by atoms with Crippen LogP contribution in [0.1, 0.15) is 73.9 Å². The van der Waals surface area contributed by atoms with Gasteiger partial charge in [-0.2, -0.15) is 0 Å². The minimum atomic E-state index is -0.837. The number of benzene rings is 3. The lowest BCUT2D eigenvalue weighted by Gasteiger charge is -2.39. The van der Waals surface area contributed by atoms with Crippen LogP contribution in [0.2, 0.25) is 5.02 Å². The number of amides is 2. The first-order valence-corrected chi connectivity index (χ1v) is 16.0. The number of carboxylic acid groups (broad SMARTS) is 1. The monoisotopic (exact) mass is 668 g/mol. The molecular formula is C36H42ClFN2O7. The fourth-order valence-electron chi connectivity index (χ4n) is 5.94. The molecule has 1 aliphatic carbocycles. The van der Waals surface area contributed by atoms with E-state index in [4.69, 9.17) is 31.5 Å². The van der Waals surface area contributed by atoms with E-state index in [2.05, 4.69) is 0 Å². The molecule has 0 spiro atoms. The summed E-state index contributed by atoms with van der Waals surface area (Å²) < 4.78 is 32.5. The largest absolute Gasteiger partial charge is 0.488 e. The number of hydrogen-bond acceptors (Lipinski definition) is 6. The highest BCUT2D eigenvalue weighted by atomic mass is 35.5. The average molecular weight is 669 g/mol. The van der Waals surface area contributed by atoms with E-state index in [1.54, 1.807) is 43.9 Å². The molecule has 3 N–H and O–H groups in total. The Morgan fingerprint density at radius 1 is 1.00 bits per heavy atom. The third-order valence-corrected chi connectivity index (χ3v) is 8.60. The number of halogens is 2. The lowest BCUT2D eigenvalue weighted by atomic mass is 9.84. The van der Waals surface area contributed by atoms with Gasteiger partial charge in [-0.05, 0) is 81.8 Å². The zero-order valence-corrected chi connectivity index (χ0v) is 27.9. The number of aliphatic carboxylic acids is 1. The van der Waals surface area contributed by atoms with Crippen LogP contribution in [0.15, 0.2) is 60.7 Å². The molecule has 3 aromatic carbocycles. The van der Waals surface area contributed by atoms with Crippen LogP contribution in [0.25, 0.3) is 11.1 Å². The summed E-state index contributed by atoms with van der Waals surface area (Å²) in [6.45, 7) is 5.89. The molecule has 2 amide bonds. The van der Waals surface area contributed by atoms with Gasteiger partial charge in [0.05, 0.1) is 18.1 Å². The first-order chi connectivity index (χ1) is 22.3. The Kier molecular flexibility index (Phi) is 11.9. The fourth-order valence-corrected chi connectivity index (χ4v) is 6.15. The van der Waals surface area contributed by atoms with Gasteiger partial charge in [0.1, 0.15) is 12.2 Å². The van der Waals surface area contributed by atoms with Gasteiger partial charge in [0.2, 0.25) is 5.91 Å². The number of hydrogen-bond donors (Lipinski definition) is 2. The Bertz CT molecular complexity index is 1570. The summed E-state index contributed by atoms with van der Waals surface area (Å²) in [7, 11) is 1.50. The minimum absolute atomic E-state index is 0.0672. The number of carbonyl (C=O) groups is 3. The van der Waals surface area contributed by atoms with Crippen LogP contribution in [0.4, 0.5) is 9.18 Å². The Morgan fingerprint density at radius 3 is 2.28 bits per heavy atom. The second kappa shape index (κ2) is 15.6. The molecule has 9 nitrogen and oxygen atoms in total. The minimum Gasteiger partial charge on any atom is -0.488 e. The van der Waals surface area contributed by atoms with E-state index in [1.807, 2.05) is 30.3 Å². The molecule has 0 heterocycles. The zero-order chi connectivity index (χ0) is 34.3. The smallest absolute Gasteiger partial charge is 0.410 e. The molecule has 1 aliphatic rings. The van der Waals surface area contributed by atoms with E-state index >= 15 is 4.39 Å². The van der Waals surface area contributed by atoms with Crippen LogP contribution in [0, 0.1) is 11.7 Å². The number of nitrogens with zero attached hydrogens (tertiary/aromatic N) is 1. The average Bonchev–Trinajstić information content (AvgIpc) is 3.02. The van der Waals surface area contributed by atoms with Crippen molar-refractivity contribution >= 4 is 29.6 Å². The summed E-state index contributed by atoms with van der Waals surface area (Å²) in [5.41, 5.74) is 6.57. The molecule has 3 aromatic rings. The summed E-state index contributed by atoms with van der Waals surface area (Å²) in [5.74, 6) is -3.44. The molecule has 1 atom stereocenters. The fraction of sp³-hybridized carbons (Fsp3) is 0.417. The summed E-state index contributed by atoms with van der Waals surface area (Å²) in [4.78, 5) is 39.6. The van der Waals surface area contributed by atoms with Crippen molar-refractivity contribution in [3.8, 4) is 16.9 Å². The van der Waals surface area contributed by atoms with E-state index in [9.17, 15) is 19.5 Å². The maximum atomic E-state index is 16.1. The molecule has 0 radical (unpaired) electrons. The van der Waals surface area contributed by atoms with Crippen molar-refractivity contribution in [1.82, 2.24) is 4.90 Å². The highest BCUT2D eigenvalue weighted by molar-refractivity contribution is 6.33. The number of primary amides is 1. The Balaban J connectivity index is 1.82. The predicted molar refractivity (Wildman–Crippen MR) is 177 cm³/mol. The normalized spacial score (nSPS) is 17.1. The van der Waals surface area contributed by atoms with Crippen molar-refractivity contribution in [1.29, 1.82) is 0 Å². The number of rotatable bonds is 12. The van der Waals surface area contributed by atoms with Gasteiger partial charge in [-0.3, -0.25) is 9.59 Å².